The number of aromatic nitrogens is 1. The molecule has 8 heteroatoms. The van der Waals surface area contributed by atoms with Gasteiger partial charge >= 0.3 is 0 Å². The van der Waals surface area contributed by atoms with E-state index in [0.29, 0.717) is 25.0 Å². The maximum Gasteiger partial charge on any atom is 0.242 e. The first-order chi connectivity index (χ1) is 9.92. The highest BCUT2D eigenvalue weighted by atomic mass is 32.2. The lowest BCUT2D eigenvalue weighted by molar-refractivity contribution is 0.580. The molecule has 1 aromatic heterocycles. The van der Waals surface area contributed by atoms with E-state index in [1.54, 1.807) is 6.07 Å². The molecule has 0 unspecified atom stereocenters. The van der Waals surface area contributed by atoms with Crippen molar-refractivity contribution in [3.8, 4) is 0 Å². The summed E-state index contributed by atoms with van der Waals surface area (Å²) in [5.41, 5.74) is 5.67. The van der Waals surface area contributed by atoms with Crippen molar-refractivity contribution in [2.45, 2.75) is 25.2 Å². The number of nitrogens with one attached hydrogen (secondary N) is 2. The van der Waals surface area contributed by atoms with Crippen LogP contribution in [-0.2, 0) is 10.0 Å². The minimum Gasteiger partial charge on any atom is -0.370 e. The molecule has 0 atom stereocenters. The third-order valence-electron chi connectivity index (χ3n) is 2.66. The van der Waals surface area contributed by atoms with E-state index in [2.05, 4.69) is 33.9 Å². The Morgan fingerprint density at radius 1 is 1.43 bits per heavy atom. The van der Waals surface area contributed by atoms with Crippen LogP contribution in [0.25, 0.3) is 0 Å². The van der Waals surface area contributed by atoms with Gasteiger partial charge < -0.3 is 11.1 Å². The maximum absolute atomic E-state index is 11.9. The molecule has 0 aliphatic heterocycles. The average molecular weight is 313 g/mol. The Bertz CT molecular complexity index is 543. The number of aliphatic imine (C=N–C) groups is 1. The summed E-state index contributed by atoms with van der Waals surface area (Å²) in [6.45, 7) is 5.49. The van der Waals surface area contributed by atoms with Crippen LogP contribution in [-0.4, -0.2) is 39.0 Å². The first kappa shape index (κ1) is 17.4. The van der Waals surface area contributed by atoms with E-state index in [-0.39, 0.29) is 11.4 Å². The molecule has 0 fully saturated rings. The van der Waals surface area contributed by atoms with E-state index < -0.39 is 10.0 Å². The molecular weight excluding hydrogens is 290 g/mol. The second-order valence-electron chi connectivity index (χ2n) is 4.96. The van der Waals surface area contributed by atoms with Crippen molar-refractivity contribution in [3.63, 3.8) is 0 Å². The first-order valence-electron chi connectivity index (χ1n) is 6.85. The van der Waals surface area contributed by atoms with Gasteiger partial charge in [0.2, 0.25) is 10.0 Å². The lowest BCUT2D eigenvalue weighted by Gasteiger charge is -2.08. The number of hydrogen-bond acceptors (Lipinski definition) is 4. The topological polar surface area (TPSA) is 109 Å². The summed E-state index contributed by atoms with van der Waals surface area (Å²) in [7, 11) is -3.52. The maximum atomic E-state index is 11.9. The lowest BCUT2D eigenvalue weighted by Crippen LogP contribution is -2.38. The van der Waals surface area contributed by atoms with Crippen LogP contribution in [0.4, 0.5) is 0 Å². The summed E-state index contributed by atoms with van der Waals surface area (Å²) in [6.07, 6.45) is 3.79. The zero-order valence-corrected chi connectivity index (χ0v) is 13.2. The largest absolute Gasteiger partial charge is 0.370 e. The molecule has 7 nitrogen and oxygen atoms in total. The van der Waals surface area contributed by atoms with Crippen molar-refractivity contribution in [3.05, 3.63) is 24.5 Å². The number of sulfonamides is 1. The number of hydrogen-bond donors (Lipinski definition) is 3. The average Bonchev–Trinajstić information content (AvgIpc) is 2.44. The molecule has 0 bridgehead atoms. The van der Waals surface area contributed by atoms with Crippen molar-refractivity contribution < 1.29 is 8.42 Å². The Balaban J connectivity index is 2.31. The molecule has 0 spiro atoms. The highest BCUT2D eigenvalue weighted by molar-refractivity contribution is 7.89. The Kier molecular flexibility index (Phi) is 7.10. The molecule has 4 N–H and O–H groups in total. The fourth-order valence-electron chi connectivity index (χ4n) is 1.46. The van der Waals surface area contributed by atoms with Gasteiger partial charge in [0.05, 0.1) is 0 Å². The van der Waals surface area contributed by atoms with Gasteiger partial charge in [-0.05, 0) is 24.5 Å². The third-order valence-corrected chi connectivity index (χ3v) is 4.10. The van der Waals surface area contributed by atoms with Gasteiger partial charge in [-0.2, -0.15) is 0 Å². The molecule has 0 radical (unpaired) electrons. The number of rotatable bonds is 8. The smallest absolute Gasteiger partial charge is 0.242 e. The van der Waals surface area contributed by atoms with Gasteiger partial charge in [0.1, 0.15) is 4.90 Å². The molecule has 1 aromatic rings. The van der Waals surface area contributed by atoms with Crippen LogP contribution in [0, 0.1) is 5.92 Å². The van der Waals surface area contributed by atoms with Gasteiger partial charge in [0.25, 0.3) is 0 Å². The standard InChI is InChI=1S/C13H23N5O2S/c1-11(2)5-7-16-13(14)17-8-9-18-21(19,20)12-4-3-6-15-10-12/h3-4,6,10-11,18H,5,7-9H2,1-2H3,(H3,14,16,17). The van der Waals surface area contributed by atoms with Gasteiger partial charge in [-0.3, -0.25) is 9.98 Å². The van der Waals surface area contributed by atoms with Gasteiger partial charge in [-0.1, -0.05) is 13.8 Å². The molecule has 0 amide bonds. The van der Waals surface area contributed by atoms with Crippen LogP contribution in [0.15, 0.2) is 34.4 Å². The quantitative estimate of drug-likeness (QED) is 0.363. The number of nitrogens with zero attached hydrogens (tertiary/aromatic N) is 2. The van der Waals surface area contributed by atoms with Gasteiger partial charge in [-0.25, -0.2) is 13.1 Å². The predicted octanol–water partition coefficient (Wildman–Crippen LogP) is 0.310. The lowest BCUT2D eigenvalue weighted by atomic mass is 10.1. The third kappa shape index (κ3) is 7.05. The fraction of sp³-hybridized carbons (Fsp3) is 0.538. The zero-order chi connectivity index (χ0) is 15.7. The van der Waals surface area contributed by atoms with Gasteiger partial charge in [-0.15, -0.1) is 0 Å². The Labute approximate surface area is 126 Å². The molecule has 1 rings (SSSR count). The molecular formula is C13H23N5O2S. The molecule has 118 valence electrons. The minimum absolute atomic E-state index is 0.142. The fourth-order valence-corrected chi connectivity index (χ4v) is 2.46. The van der Waals surface area contributed by atoms with E-state index in [9.17, 15) is 8.42 Å². The van der Waals surface area contributed by atoms with Gasteiger partial charge in [0.15, 0.2) is 5.96 Å². The first-order valence-corrected chi connectivity index (χ1v) is 8.33. The summed E-state index contributed by atoms with van der Waals surface area (Å²) in [5, 5.41) is 2.87. The number of guanidine groups is 1. The van der Waals surface area contributed by atoms with E-state index in [1.165, 1.54) is 18.5 Å². The van der Waals surface area contributed by atoms with Crippen molar-refractivity contribution in [2.24, 2.45) is 16.6 Å². The zero-order valence-electron chi connectivity index (χ0n) is 12.4. The highest BCUT2D eigenvalue weighted by Gasteiger charge is 2.12. The summed E-state index contributed by atoms with van der Waals surface area (Å²) >= 11 is 0. The number of nitrogens with two attached hydrogens (primary N) is 1. The van der Waals surface area contributed by atoms with Gasteiger partial charge in [0, 0.05) is 32.0 Å². The van der Waals surface area contributed by atoms with Crippen molar-refractivity contribution >= 4 is 16.0 Å². The van der Waals surface area contributed by atoms with E-state index in [4.69, 9.17) is 5.73 Å². The Hall–Kier alpha value is -1.67. The van der Waals surface area contributed by atoms with Crippen LogP contribution in [0.3, 0.4) is 0 Å². The molecule has 0 saturated heterocycles. The van der Waals surface area contributed by atoms with E-state index in [0.717, 1.165) is 6.42 Å². The summed E-state index contributed by atoms with van der Waals surface area (Å²) in [5.74, 6) is 0.907. The van der Waals surface area contributed by atoms with Crippen molar-refractivity contribution in [1.82, 2.24) is 15.0 Å². The molecule has 0 aliphatic carbocycles. The molecule has 0 aliphatic rings. The highest BCUT2D eigenvalue weighted by Crippen LogP contribution is 2.04. The summed E-state index contributed by atoms with van der Waals surface area (Å²) in [6, 6.07) is 3.07. The molecule has 1 heterocycles. The van der Waals surface area contributed by atoms with E-state index >= 15 is 0 Å². The Morgan fingerprint density at radius 3 is 2.81 bits per heavy atom. The van der Waals surface area contributed by atoms with Crippen LogP contribution in [0.1, 0.15) is 20.3 Å². The van der Waals surface area contributed by atoms with E-state index in [1.807, 2.05) is 0 Å². The van der Waals surface area contributed by atoms with Crippen molar-refractivity contribution in [1.29, 1.82) is 0 Å². The molecule has 0 aromatic carbocycles. The van der Waals surface area contributed by atoms with Crippen LogP contribution in [0.2, 0.25) is 0 Å². The second kappa shape index (κ2) is 8.58. The summed E-state index contributed by atoms with van der Waals surface area (Å²) in [4.78, 5) is 8.08. The minimum atomic E-state index is -3.52. The molecule has 0 saturated carbocycles. The van der Waals surface area contributed by atoms with Crippen molar-refractivity contribution in [2.75, 3.05) is 19.6 Å². The number of pyridine rings is 1. The van der Waals surface area contributed by atoms with Crippen LogP contribution < -0.4 is 15.8 Å². The monoisotopic (exact) mass is 313 g/mol. The SMILES string of the molecule is CC(C)CCN=C(N)NCCNS(=O)(=O)c1cccnc1. The normalized spacial score (nSPS) is 12.6. The van der Waals surface area contributed by atoms with Crippen LogP contribution >= 0.6 is 0 Å². The summed E-state index contributed by atoms with van der Waals surface area (Å²) < 4.78 is 26.2. The Morgan fingerprint density at radius 2 is 2.19 bits per heavy atom. The van der Waals surface area contributed by atoms with Crippen LogP contribution in [0.5, 0.6) is 0 Å². The second-order valence-corrected chi connectivity index (χ2v) is 6.73. The molecule has 21 heavy (non-hydrogen) atoms. The predicted molar refractivity (Wildman–Crippen MR) is 83.4 cm³/mol.